The quantitative estimate of drug-likeness (QED) is 0.925. The first-order valence-corrected chi connectivity index (χ1v) is 7.97. The highest BCUT2D eigenvalue weighted by Gasteiger charge is 2.38. The summed E-state index contributed by atoms with van der Waals surface area (Å²) in [4.78, 5) is 14.9. The van der Waals surface area contributed by atoms with Crippen LogP contribution in [0.5, 0.6) is 0 Å². The Morgan fingerprint density at radius 2 is 2.14 bits per heavy atom. The Bertz CT molecular complexity index is 706. The van der Waals surface area contributed by atoms with Crippen LogP contribution >= 0.6 is 0 Å². The van der Waals surface area contributed by atoms with Gasteiger partial charge < -0.3 is 10.2 Å². The summed E-state index contributed by atoms with van der Waals surface area (Å²) in [6.07, 6.45) is 4.98. The molecular formula is C18H21N3O. The molecule has 1 aromatic carbocycles. The second kappa shape index (κ2) is 5.29. The molecule has 0 radical (unpaired) electrons. The molecule has 2 aliphatic rings. The molecule has 2 fully saturated rings. The van der Waals surface area contributed by atoms with Gasteiger partial charge in [0.25, 0.3) is 0 Å². The molecule has 1 amide bonds. The number of hydrogen-bond donors (Lipinski definition) is 1. The maximum Gasteiger partial charge on any atom is 0.325 e. The summed E-state index contributed by atoms with van der Waals surface area (Å²) in [6.45, 7) is 5.42. The topological polar surface area (TPSA) is 37.3 Å². The maximum atomic E-state index is 12.4. The number of benzene rings is 1. The first-order valence-electron chi connectivity index (χ1n) is 7.97. The van der Waals surface area contributed by atoms with Gasteiger partial charge in [0, 0.05) is 31.5 Å². The van der Waals surface area contributed by atoms with Gasteiger partial charge in [0.1, 0.15) is 0 Å². The van der Waals surface area contributed by atoms with Crippen molar-refractivity contribution in [2.24, 2.45) is 5.92 Å². The molecule has 4 nitrogen and oxygen atoms in total. The van der Waals surface area contributed by atoms with Gasteiger partial charge in [-0.2, -0.15) is 0 Å². The van der Waals surface area contributed by atoms with Crippen LogP contribution in [0.15, 0.2) is 42.7 Å². The van der Waals surface area contributed by atoms with Gasteiger partial charge in [0.05, 0.1) is 0 Å². The lowest BCUT2D eigenvalue weighted by atomic mass is 10.0. The van der Waals surface area contributed by atoms with Crippen LogP contribution in [0.1, 0.15) is 12.0 Å². The number of hydrogen-bond acceptors (Lipinski definition) is 2. The molecule has 114 valence electrons. The van der Waals surface area contributed by atoms with Crippen molar-refractivity contribution in [2.45, 2.75) is 19.4 Å². The zero-order chi connectivity index (χ0) is 15.1. The lowest BCUT2D eigenvalue weighted by Crippen LogP contribution is -2.44. The highest BCUT2D eigenvalue weighted by molar-refractivity contribution is 5.79. The van der Waals surface area contributed by atoms with Crippen molar-refractivity contribution >= 4 is 6.03 Å². The molecule has 0 aliphatic carbocycles. The molecule has 4 heteroatoms. The normalized spacial score (nSPS) is 26.3. The average Bonchev–Trinajstić information content (AvgIpc) is 3.23. The van der Waals surface area contributed by atoms with Crippen molar-refractivity contribution in [3.05, 3.63) is 48.3 Å². The summed E-state index contributed by atoms with van der Waals surface area (Å²) < 4.78 is 1.67. The van der Waals surface area contributed by atoms with E-state index in [0.29, 0.717) is 12.0 Å². The van der Waals surface area contributed by atoms with E-state index in [-0.39, 0.29) is 6.03 Å². The molecular weight excluding hydrogens is 274 g/mol. The summed E-state index contributed by atoms with van der Waals surface area (Å²) >= 11 is 0. The molecule has 2 unspecified atom stereocenters. The summed E-state index contributed by atoms with van der Waals surface area (Å²) in [7, 11) is 0. The predicted molar refractivity (Wildman–Crippen MR) is 86.9 cm³/mol. The number of carbonyl (C=O) groups excluding carboxylic acids is 1. The summed E-state index contributed by atoms with van der Waals surface area (Å²) in [5.74, 6) is 0.635. The standard InChI is InChI=1S/C18H21N3O/c1-13-3-2-4-14(9-13)15-6-8-21(11-15)18(22)19-17-12-20-7-5-16(17)10-20/h2-4,6,8-9,11,16-17H,5,7,10,12H2,1H3,(H,19,22)/t16-,17?/m0/s1. The minimum Gasteiger partial charge on any atom is -0.333 e. The Hall–Kier alpha value is -2.07. The second-order valence-electron chi connectivity index (χ2n) is 6.54. The minimum atomic E-state index is -0.0161. The molecule has 2 saturated heterocycles. The predicted octanol–water partition coefficient (Wildman–Crippen LogP) is 2.73. The Balaban J connectivity index is 1.48. The number of rotatable bonds is 2. The first-order chi connectivity index (χ1) is 10.7. The van der Waals surface area contributed by atoms with E-state index in [1.54, 1.807) is 4.57 Å². The van der Waals surface area contributed by atoms with E-state index < -0.39 is 0 Å². The molecule has 0 saturated carbocycles. The zero-order valence-electron chi connectivity index (χ0n) is 12.8. The van der Waals surface area contributed by atoms with Crippen LogP contribution in [0.2, 0.25) is 0 Å². The van der Waals surface area contributed by atoms with E-state index >= 15 is 0 Å². The second-order valence-corrected chi connectivity index (χ2v) is 6.54. The number of nitrogens with one attached hydrogen (secondary N) is 1. The van der Waals surface area contributed by atoms with Gasteiger partial charge in [0.15, 0.2) is 0 Å². The monoisotopic (exact) mass is 295 g/mol. The SMILES string of the molecule is Cc1cccc(-c2ccn(C(=O)NC3CN4CC[C@H]3C4)c2)c1. The Morgan fingerprint density at radius 3 is 2.86 bits per heavy atom. The van der Waals surface area contributed by atoms with Crippen LogP contribution in [0, 0.1) is 12.8 Å². The fourth-order valence-electron chi connectivity index (χ4n) is 3.70. The number of piperidine rings is 1. The molecule has 0 spiro atoms. The summed E-state index contributed by atoms with van der Waals surface area (Å²) in [5, 5.41) is 3.19. The van der Waals surface area contributed by atoms with Crippen molar-refractivity contribution in [3.63, 3.8) is 0 Å². The van der Waals surface area contributed by atoms with Gasteiger partial charge in [-0.15, -0.1) is 0 Å². The van der Waals surface area contributed by atoms with Crippen molar-refractivity contribution in [1.29, 1.82) is 0 Å². The van der Waals surface area contributed by atoms with Crippen LogP contribution in [0.3, 0.4) is 0 Å². The van der Waals surface area contributed by atoms with Crippen molar-refractivity contribution in [2.75, 3.05) is 19.6 Å². The van der Waals surface area contributed by atoms with E-state index in [9.17, 15) is 4.79 Å². The lowest BCUT2D eigenvalue weighted by Gasteiger charge is -2.23. The summed E-state index contributed by atoms with van der Waals surface area (Å²) in [6, 6.07) is 10.6. The number of fused-ring (bicyclic) bond motifs is 2. The van der Waals surface area contributed by atoms with Crippen LogP contribution in [-0.4, -0.2) is 41.2 Å². The number of nitrogens with zero attached hydrogens (tertiary/aromatic N) is 2. The highest BCUT2D eigenvalue weighted by Crippen LogP contribution is 2.28. The van der Waals surface area contributed by atoms with Crippen LogP contribution in [0.4, 0.5) is 4.79 Å². The number of carbonyl (C=O) groups is 1. The fraction of sp³-hybridized carbons (Fsp3) is 0.389. The average molecular weight is 295 g/mol. The smallest absolute Gasteiger partial charge is 0.325 e. The van der Waals surface area contributed by atoms with Crippen LogP contribution in [0.25, 0.3) is 11.1 Å². The van der Waals surface area contributed by atoms with E-state index in [0.717, 1.165) is 24.2 Å². The zero-order valence-corrected chi connectivity index (χ0v) is 12.8. The Morgan fingerprint density at radius 1 is 1.23 bits per heavy atom. The molecule has 2 bridgehead atoms. The molecule has 22 heavy (non-hydrogen) atoms. The van der Waals surface area contributed by atoms with E-state index in [2.05, 4.69) is 35.3 Å². The van der Waals surface area contributed by atoms with Crippen molar-refractivity contribution in [3.8, 4) is 11.1 Å². The third-order valence-electron chi connectivity index (χ3n) is 4.92. The van der Waals surface area contributed by atoms with Crippen LogP contribution in [-0.2, 0) is 0 Å². The molecule has 1 aromatic heterocycles. The molecule has 2 aromatic rings. The Kier molecular flexibility index (Phi) is 3.26. The van der Waals surface area contributed by atoms with E-state index in [4.69, 9.17) is 0 Å². The van der Waals surface area contributed by atoms with Gasteiger partial charge in [-0.1, -0.05) is 29.8 Å². The molecule has 4 rings (SSSR count). The van der Waals surface area contributed by atoms with E-state index in [1.165, 1.54) is 18.5 Å². The van der Waals surface area contributed by atoms with Crippen LogP contribution < -0.4 is 5.32 Å². The van der Waals surface area contributed by atoms with E-state index in [1.807, 2.05) is 24.5 Å². The summed E-state index contributed by atoms with van der Waals surface area (Å²) in [5.41, 5.74) is 3.46. The fourth-order valence-corrected chi connectivity index (χ4v) is 3.70. The highest BCUT2D eigenvalue weighted by atomic mass is 16.2. The molecule has 2 aliphatic heterocycles. The molecule has 3 heterocycles. The number of aromatic nitrogens is 1. The molecule has 1 N–H and O–H groups in total. The third-order valence-corrected chi connectivity index (χ3v) is 4.92. The van der Waals surface area contributed by atoms with Crippen molar-refractivity contribution in [1.82, 2.24) is 14.8 Å². The van der Waals surface area contributed by atoms with Gasteiger partial charge in [0.2, 0.25) is 0 Å². The largest absolute Gasteiger partial charge is 0.333 e. The maximum absolute atomic E-state index is 12.4. The number of aryl methyl sites for hydroxylation is 1. The van der Waals surface area contributed by atoms with Gasteiger partial charge in [-0.3, -0.25) is 4.57 Å². The van der Waals surface area contributed by atoms with Gasteiger partial charge in [-0.25, -0.2) is 4.79 Å². The van der Waals surface area contributed by atoms with Crippen molar-refractivity contribution < 1.29 is 4.79 Å². The first kappa shape index (κ1) is 13.6. The lowest BCUT2D eigenvalue weighted by molar-refractivity contribution is 0.231. The number of amides is 1. The Labute approximate surface area is 130 Å². The molecule has 3 atom stereocenters. The minimum absolute atomic E-state index is 0.0161. The third kappa shape index (κ3) is 2.44. The van der Waals surface area contributed by atoms with Gasteiger partial charge >= 0.3 is 6.03 Å². The van der Waals surface area contributed by atoms with Gasteiger partial charge in [-0.05, 0) is 43.0 Å².